The lowest BCUT2D eigenvalue weighted by molar-refractivity contribution is -0.134. The van der Waals surface area contributed by atoms with Gasteiger partial charge in [0.1, 0.15) is 42.3 Å². The topological polar surface area (TPSA) is 774 Å². The van der Waals surface area contributed by atoms with Crippen LogP contribution in [0, 0.1) is 0 Å². The summed E-state index contributed by atoms with van der Waals surface area (Å²) in [5.74, 6) is -3.74. The van der Waals surface area contributed by atoms with Gasteiger partial charge in [0.05, 0.1) is 41.9 Å². The lowest BCUT2D eigenvalue weighted by atomic mass is 10.0. The maximum atomic E-state index is 13.9. The van der Waals surface area contributed by atoms with Crippen LogP contribution in [-0.2, 0) is 47.9 Å². The van der Waals surface area contributed by atoms with E-state index in [9.17, 15) is 57.5 Å². The molecule has 0 aromatic carbocycles. The number of aliphatic imine (C=N–C) groups is 6. The normalized spacial score (nSPS) is 19.3. The number of hydrogen-bond donors (Lipinski definition) is 26. The van der Waals surface area contributed by atoms with Gasteiger partial charge < -0.3 is 144 Å². The highest BCUT2D eigenvalue weighted by Crippen LogP contribution is 2.34. The number of urea groups is 2. The summed E-state index contributed by atoms with van der Waals surface area (Å²) in [5.41, 5.74) is 72.0. The smallest absolute Gasteiger partial charge is 0.315 e. The molecule has 4 fully saturated rings. The van der Waals surface area contributed by atoms with Gasteiger partial charge >= 0.3 is 12.1 Å². The minimum atomic E-state index is -1.33. The lowest BCUT2D eigenvalue weighted by Gasteiger charge is -2.25. The minimum absolute atomic E-state index is 0.000102. The second-order valence-electron chi connectivity index (χ2n) is 28.4. The number of carbonyl (C=O) groups excluding carboxylic acids is 12. The van der Waals surface area contributed by atoms with Gasteiger partial charge in [0.15, 0.2) is 23.8 Å². The van der Waals surface area contributed by atoms with E-state index in [0.717, 1.165) is 30.8 Å². The maximum Gasteiger partial charge on any atom is 0.315 e. The second-order valence-corrected chi connectivity index (χ2v) is 30.9. The van der Waals surface area contributed by atoms with E-state index in [0.29, 0.717) is 107 Å². The number of thioether (sulfide) groups is 2. The van der Waals surface area contributed by atoms with Gasteiger partial charge in [0, 0.05) is 87.7 Å². The molecule has 46 heteroatoms. The Morgan fingerprint density at radius 3 is 1.08 bits per heavy atom. The number of carbonyl (C=O) groups is 12. The molecule has 0 aliphatic carbocycles. The molecule has 0 radical (unpaired) electrons. The van der Waals surface area contributed by atoms with Crippen molar-refractivity contribution in [2.45, 2.75) is 251 Å². The average molecular weight is 1660 g/mol. The summed E-state index contributed by atoms with van der Waals surface area (Å²) in [7, 11) is 1.50. The fourth-order valence-electron chi connectivity index (χ4n) is 12.7. The predicted molar refractivity (Wildman–Crippen MR) is 446 cm³/mol. The lowest BCUT2D eigenvalue weighted by Crippen LogP contribution is -2.57. The van der Waals surface area contributed by atoms with Gasteiger partial charge in [0.2, 0.25) is 59.1 Å². The number of amides is 14. The van der Waals surface area contributed by atoms with Gasteiger partial charge in [-0.05, 0) is 149 Å². The van der Waals surface area contributed by atoms with Crippen LogP contribution in [0.3, 0.4) is 0 Å². The molecule has 650 valence electrons. The number of fused-ring (bicyclic) bond motifs is 2. The van der Waals surface area contributed by atoms with Crippen LogP contribution < -0.4 is 144 Å². The summed E-state index contributed by atoms with van der Waals surface area (Å²) in [6, 6.07) is -8.35. The number of primary amides is 1. The van der Waals surface area contributed by atoms with Crippen molar-refractivity contribution in [3.05, 3.63) is 0 Å². The van der Waals surface area contributed by atoms with Crippen LogP contribution in [0.15, 0.2) is 30.0 Å². The molecule has 4 heterocycles. The first-order chi connectivity index (χ1) is 54.7. The minimum Gasteiger partial charge on any atom is -0.388 e. The summed E-state index contributed by atoms with van der Waals surface area (Å²) in [6.07, 6.45) is 9.35. The first-order valence-electron chi connectivity index (χ1n) is 39.2. The summed E-state index contributed by atoms with van der Waals surface area (Å²) in [6.45, 7) is 5.04. The molecular weight excluding hydrogens is 1530 g/mol. The zero-order valence-corrected chi connectivity index (χ0v) is 68.2. The number of nitrogens with two attached hydrogens (primary N) is 13. The van der Waals surface area contributed by atoms with Crippen LogP contribution in [0.5, 0.6) is 0 Å². The van der Waals surface area contributed by atoms with Gasteiger partial charge in [-0.25, -0.2) is 9.59 Å². The van der Waals surface area contributed by atoms with E-state index >= 15 is 0 Å². The van der Waals surface area contributed by atoms with E-state index in [1.807, 2.05) is 11.8 Å². The molecule has 115 heavy (non-hydrogen) atoms. The molecule has 4 aliphatic rings. The van der Waals surface area contributed by atoms with Crippen LogP contribution in [0.4, 0.5) is 9.59 Å². The van der Waals surface area contributed by atoms with Crippen LogP contribution in [0.25, 0.3) is 0 Å². The molecule has 14 amide bonds. The zero-order valence-electron chi connectivity index (χ0n) is 66.5. The zero-order chi connectivity index (χ0) is 85.4. The number of rotatable bonds is 56. The summed E-state index contributed by atoms with van der Waals surface area (Å²) in [5, 5.41) is 36.6. The van der Waals surface area contributed by atoms with Gasteiger partial charge in [-0.2, -0.15) is 23.5 Å². The van der Waals surface area contributed by atoms with Crippen LogP contribution in [-0.4, -0.2) is 261 Å². The SMILES string of the molecule is CNC(=O)C(CCCCN)NC(=O)C(CCCN=C(C)N)NC(=O)C(CCCN=C(C)N)NC(=O)CCCC[C@@H]1SC[C@@H]2NC(=O)N[C@@H]21.NC(=O)C(CCNC(=O)C(CCCN=C(N)N)NC(=O)C(N)CCCN=C(N)N)NC(=O)C(CCCN=C(N)N)NC(=O)C(CCCN=C(N)N)NC(=O)CCCC[C@@H]1SC[C@@H]2NC(=O)N[C@@H]21. The highest BCUT2D eigenvalue weighted by atomic mass is 32.2. The van der Waals surface area contributed by atoms with E-state index in [1.54, 1.807) is 25.6 Å². The summed E-state index contributed by atoms with van der Waals surface area (Å²) >= 11 is 3.60. The molecule has 0 spiro atoms. The molecule has 14 atom stereocenters. The van der Waals surface area contributed by atoms with Crippen LogP contribution >= 0.6 is 23.5 Å². The molecule has 44 nitrogen and oxygen atoms in total. The number of amidine groups is 2. The van der Waals surface area contributed by atoms with Gasteiger partial charge in [-0.15, -0.1) is 0 Å². The van der Waals surface area contributed by atoms with Crippen molar-refractivity contribution >= 4 is 130 Å². The molecule has 4 saturated heterocycles. The van der Waals surface area contributed by atoms with Crippen LogP contribution in [0.1, 0.15) is 168 Å². The van der Waals surface area contributed by atoms with E-state index in [4.69, 9.17) is 74.5 Å². The van der Waals surface area contributed by atoms with Gasteiger partial charge in [-0.1, -0.05) is 12.8 Å². The second kappa shape index (κ2) is 55.4. The van der Waals surface area contributed by atoms with E-state index in [1.165, 1.54) is 7.05 Å². The van der Waals surface area contributed by atoms with E-state index in [-0.39, 0.29) is 174 Å². The van der Waals surface area contributed by atoms with Gasteiger partial charge in [0.25, 0.3) is 0 Å². The standard InChI is InChI=1S/C38H73N21O7S.C31H57N11O5S/c39-20(7-3-14-50-34(41)42)30(62)56-22(8-4-15-51-35(43)44)31(63)49-18-13-21(29(40)61)55-33(65)24(10-6-17-53-37(47)48)57-32(64)23(9-5-16-52-36(45)46)54-27(60)12-2-1-11-26-28-25(19-67-26)58-38(66)59-28;1-19(33)36-16-8-11-22(38-26(43)14-5-4-13-25-27-24(18-48-25)41-31(47)42-27)29(45)40-23(12-9-17-37-20(2)34)30(46)39-21(28(44)35-3)10-6-7-15-32/h20-26,28H,1-19,39H2,(H2,40,61)(H,49,63)(H,54,60)(H,55,65)(H,56,62)(H,57,64)(H4,41,42,50)(H4,43,44,51)(H4,45,46,52)(H4,47,48,53)(H2,58,59,66);21-25,27H,4-18,32H2,1-3H3,(H2,33,36)(H2,34,37)(H,35,44)(H,38,43)(H,39,46)(H,40,45)(H2,41,42,47)/t20?,21?,22?,23?,24?,25-,26-,28-;21?,22?,23?,24-,25-,27-/m00/s1. The Kier molecular flexibility index (Phi) is 47.7. The largest absolute Gasteiger partial charge is 0.388 e. The molecular formula is C69H130N32O12S2. The van der Waals surface area contributed by atoms with E-state index < -0.39 is 95.6 Å². The molecule has 0 saturated carbocycles. The van der Waals surface area contributed by atoms with Crippen molar-refractivity contribution in [2.75, 3.05) is 70.9 Å². The number of nitrogens with one attached hydrogen (secondary N) is 13. The number of guanidine groups is 4. The Bertz CT molecular complexity index is 3310. The van der Waals surface area contributed by atoms with Crippen molar-refractivity contribution in [1.29, 1.82) is 0 Å². The van der Waals surface area contributed by atoms with Crippen molar-refractivity contribution in [3.8, 4) is 0 Å². The number of hydrogen-bond acceptors (Lipinski definition) is 22. The molecule has 8 unspecified atom stereocenters. The third-order valence-corrected chi connectivity index (χ3v) is 21.8. The summed E-state index contributed by atoms with van der Waals surface area (Å²) < 4.78 is 0. The monoisotopic (exact) mass is 1660 g/mol. The molecule has 39 N–H and O–H groups in total. The highest BCUT2D eigenvalue weighted by molar-refractivity contribution is 8.00. The average Bonchev–Trinajstić information content (AvgIpc) is 1.67. The Hall–Kier alpha value is -10.1. The van der Waals surface area contributed by atoms with Crippen molar-refractivity contribution in [2.24, 2.45) is 104 Å². The first-order valence-corrected chi connectivity index (χ1v) is 41.3. The van der Waals surface area contributed by atoms with Crippen molar-refractivity contribution < 1.29 is 57.5 Å². The molecule has 4 rings (SSSR count). The third-order valence-electron chi connectivity index (χ3n) is 18.7. The van der Waals surface area contributed by atoms with Crippen LogP contribution in [0.2, 0.25) is 0 Å². The maximum absolute atomic E-state index is 13.9. The van der Waals surface area contributed by atoms with Gasteiger partial charge in [-0.3, -0.25) is 77.9 Å². The Labute approximate surface area is 680 Å². The Balaban J connectivity index is 0.000000628. The Morgan fingerprint density at radius 2 is 0.722 bits per heavy atom. The summed E-state index contributed by atoms with van der Waals surface area (Å²) in [4.78, 5) is 180. The van der Waals surface area contributed by atoms with E-state index in [2.05, 4.69) is 99.1 Å². The fourth-order valence-corrected chi connectivity index (χ4v) is 15.8. The first kappa shape index (κ1) is 99.1. The fraction of sp³-hybridized carbons (Fsp3) is 0.739. The quantitative estimate of drug-likeness (QED) is 0.0116. The predicted octanol–water partition coefficient (Wildman–Crippen LogP) is -7.46. The molecule has 4 aliphatic heterocycles. The number of nitrogens with zero attached hydrogens (tertiary/aromatic N) is 6. The molecule has 0 bridgehead atoms. The Morgan fingerprint density at radius 1 is 0.391 bits per heavy atom. The highest BCUT2D eigenvalue weighted by Gasteiger charge is 2.44. The number of unbranched alkanes of at least 4 members (excludes halogenated alkanes) is 3. The van der Waals surface area contributed by atoms with Crippen molar-refractivity contribution in [3.63, 3.8) is 0 Å². The molecule has 0 aromatic heterocycles. The number of likely N-dealkylation sites (N-methyl/N-ethyl adjacent to an activating group) is 1. The molecule has 0 aromatic rings. The third kappa shape index (κ3) is 41.7. The van der Waals surface area contributed by atoms with Crippen molar-refractivity contribution in [1.82, 2.24) is 69.1 Å².